The van der Waals surface area contributed by atoms with Crippen molar-refractivity contribution < 1.29 is 13.2 Å². The van der Waals surface area contributed by atoms with Gasteiger partial charge in [-0.2, -0.15) is 4.31 Å². The number of rotatable bonds is 8. The Kier molecular flexibility index (Phi) is 6.68. The summed E-state index contributed by atoms with van der Waals surface area (Å²) >= 11 is 0. The maximum Gasteiger partial charge on any atom is 0.244 e. The Morgan fingerprint density at radius 3 is 2.48 bits per heavy atom. The molecule has 1 aliphatic heterocycles. The van der Waals surface area contributed by atoms with Crippen LogP contribution in [-0.4, -0.2) is 51.0 Å². The summed E-state index contributed by atoms with van der Waals surface area (Å²) in [6, 6.07) is 13.2. The smallest absolute Gasteiger partial charge is 0.244 e. The number of para-hydroxylation sites is 1. The summed E-state index contributed by atoms with van der Waals surface area (Å²) in [6.07, 6.45) is 5.27. The Morgan fingerprint density at radius 2 is 1.81 bits per heavy atom. The molecule has 0 unspecified atom stereocenters. The van der Waals surface area contributed by atoms with Gasteiger partial charge in [-0.1, -0.05) is 24.6 Å². The van der Waals surface area contributed by atoms with Crippen LogP contribution >= 0.6 is 0 Å². The van der Waals surface area contributed by atoms with Crippen molar-refractivity contribution in [1.29, 1.82) is 0 Å². The van der Waals surface area contributed by atoms with Crippen LogP contribution in [0.4, 0.5) is 5.82 Å². The maximum absolute atomic E-state index is 12.7. The van der Waals surface area contributed by atoms with Gasteiger partial charge in [-0.25, -0.2) is 13.4 Å². The standard InChI is InChI=1S/C20H27N3O3S/c1-22(13-8-16-26-18-9-4-2-5-10-18)20-12-11-19(17-21-20)27(24,25)23-14-6-3-7-15-23/h2,4-5,9-12,17H,3,6-8,13-16H2,1H3. The first-order valence-electron chi connectivity index (χ1n) is 9.42. The molecule has 0 bridgehead atoms. The van der Waals surface area contributed by atoms with Gasteiger partial charge in [-0.3, -0.25) is 0 Å². The van der Waals surface area contributed by atoms with E-state index in [9.17, 15) is 8.42 Å². The number of piperidine rings is 1. The van der Waals surface area contributed by atoms with Crippen molar-refractivity contribution in [3.8, 4) is 5.75 Å². The summed E-state index contributed by atoms with van der Waals surface area (Å²) < 4.78 is 32.6. The number of anilines is 1. The monoisotopic (exact) mass is 389 g/mol. The van der Waals surface area contributed by atoms with Crippen LogP contribution in [0.5, 0.6) is 5.75 Å². The van der Waals surface area contributed by atoms with E-state index in [2.05, 4.69) is 4.98 Å². The van der Waals surface area contributed by atoms with Gasteiger partial charge in [0, 0.05) is 32.9 Å². The normalized spacial score (nSPS) is 15.4. The third kappa shape index (κ3) is 5.20. The number of aromatic nitrogens is 1. The maximum atomic E-state index is 12.7. The Morgan fingerprint density at radius 1 is 1.07 bits per heavy atom. The van der Waals surface area contributed by atoms with Crippen LogP contribution in [0.25, 0.3) is 0 Å². The minimum atomic E-state index is -3.42. The molecule has 0 radical (unpaired) electrons. The minimum absolute atomic E-state index is 0.272. The van der Waals surface area contributed by atoms with Crippen molar-refractivity contribution in [2.45, 2.75) is 30.6 Å². The molecule has 1 saturated heterocycles. The van der Waals surface area contributed by atoms with Gasteiger partial charge in [0.1, 0.15) is 16.5 Å². The molecule has 1 fully saturated rings. The number of sulfonamides is 1. The number of benzene rings is 1. The van der Waals surface area contributed by atoms with Crippen LogP contribution in [-0.2, 0) is 10.0 Å². The van der Waals surface area contributed by atoms with E-state index in [4.69, 9.17) is 4.74 Å². The second-order valence-corrected chi connectivity index (χ2v) is 8.69. The van der Waals surface area contributed by atoms with Crippen molar-refractivity contribution in [1.82, 2.24) is 9.29 Å². The first-order valence-corrected chi connectivity index (χ1v) is 10.9. The lowest BCUT2D eigenvalue weighted by Crippen LogP contribution is -2.35. The van der Waals surface area contributed by atoms with Crippen LogP contribution in [0.1, 0.15) is 25.7 Å². The molecule has 146 valence electrons. The van der Waals surface area contributed by atoms with E-state index in [1.807, 2.05) is 42.3 Å². The van der Waals surface area contributed by atoms with Crippen LogP contribution < -0.4 is 9.64 Å². The van der Waals surface area contributed by atoms with Crippen molar-refractivity contribution in [3.05, 3.63) is 48.7 Å². The second-order valence-electron chi connectivity index (χ2n) is 6.75. The van der Waals surface area contributed by atoms with E-state index in [1.165, 1.54) is 6.20 Å². The summed E-state index contributed by atoms with van der Waals surface area (Å²) in [5.41, 5.74) is 0. The molecule has 7 heteroatoms. The number of ether oxygens (including phenoxy) is 1. The van der Waals surface area contributed by atoms with E-state index in [-0.39, 0.29) is 4.90 Å². The SMILES string of the molecule is CN(CCCOc1ccccc1)c1ccc(S(=O)(=O)N2CCCCC2)cn1. The lowest BCUT2D eigenvalue weighted by Gasteiger charge is -2.26. The molecule has 6 nitrogen and oxygen atoms in total. The van der Waals surface area contributed by atoms with Gasteiger partial charge in [0.05, 0.1) is 6.61 Å². The second kappa shape index (κ2) is 9.19. The molecule has 0 N–H and O–H groups in total. The molecule has 0 amide bonds. The molecule has 1 aromatic heterocycles. The van der Waals surface area contributed by atoms with E-state index < -0.39 is 10.0 Å². The van der Waals surface area contributed by atoms with Gasteiger partial charge < -0.3 is 9.64 Å². The average Bonchev–Trinajstić information content (AvgIpc) is 2.72. The Bertz CT molecular complexity index is 804. The quantitative estimate of drug-likeness (QED) is 0.649. The van der Waals surface area contributed by atoms with E-state index in [1.54, 1.807) is 16.4 Å². The lowest BCUT2D eigenvalue weighted by molar-refractivity contribution is 0.312. The zero-order valence-electron chi connectivity index (χ0n) is 15.8. The summed E-state index contributed by atoms with van der Waals surface area (Å²) in [5.74, 6) is 1.62. The van der Waals surface area contributed by atoms with Crippen molar-refractivity contribution in [2.24, 2.45) is 0 Å². The zero-order valence-corrected chi connectivity index (χ0v) is 16.6. The van der Waals surface area contributed by atoms with Gasteiger partial charge in [-0.15, -0.1) is 0 Å². The molecule has 3 rings (SSSR count). The van der Waals surface area contributed by atoms with Crippen LogP contribution in [0.15, 0.2) is 53.6 Å². The topological polar surface area (TPSA) is 62.7 Å². The third-order valence-electron chi connectivity index (χ3n) is 4.71. The predicted molar refractivity (Wildman–Crippen MR) is 107 cm³/mol. The summed E-state index contributed by atoms with van der Waals surface area (Å²) in [6.45, 7) is 2.60. The average molecular weight is 390 g/mol. The van der Waals surface area contributed by atoms with Crippen LogP contribution in [0, 0.1) is 0 Å². The highest BCUT2D eigenvalue weighted by Gasteiger charge is 2.26. The molecule has 2 aromatic rings. The molecule has 0 atom stereocenters. The highest BCUT2D eigenvalue weighted by Crippen LogP contribution is 2.21. The third-order valence-corrected chi connectivity index (χ3v) is 6.60. The molecule has 27 heavy (non-hydrogen) atoms. The van der Waals surface area contributed by atoms with Gasteiger partial charge in [0.25, 0.3) is 0 Å². The summed E-state index contributed by atoms with van der Waals surface area (Å²) in [4.78, 5) is 6.63. The molecule has 2 heterocycles. The molecular formula is C20H27N3O3S. The number of hydrogen-bond acceptors (Lipinski definition) is 5. The van der Waals surface area contributed by atoms with Crippen LogP contribution in [0.3, 0.4) is 0 Å². The van der Waals surface area contributed by atoms with Crippen molar-refractivity contribution >= 4 is 15.8 Å². The highest BCUT2D eigenvalue weighted by molar-refractivity contribution is 7.89. The van der Waals surface area contributed by atoms with Gasteiger partial charge in [0.15, 0.2) is 0 Å². The Balaban J connectivity index is 1.51. The fourth-order valence-corrected chi connectivity index (χ4v) is 4.59. The Hall–Kier alpha value is -2.12. The summed E-state index contributed by atoms with van der Waals surface area (Å²) in [7, 11) is -1.48. The minimum Gasteiger partial charge on any atom is -0.494 e. The number of nitrogens with zero attached hydrogens (tertiary/aromatic N) is 3. The Labute approximate surface area is 161 Å². The molecule has 1 aliphatic rings. The molecule has 1 aromatic carbocycles. The van der Waals surface area contributed by atoms with E-state index in [0.717, 1.165) is 43.8 Å². The summed E-state index contributed by atoms with van der Waals surface area (Å²) in [5, 5.41) is 0. The zero-order chi connectivity index (χ0) is 19.1. The van der Waals surface area contributed by atoms with Gasteiger partial charge in [0.2, 0.25) is 10.0 Å². The molecule has 0 spiro atoms. The van der Waals surface area contributed by atoms with E-state index >= 15 is 0 Å². The van der Waals surface area contributed by atoms with E-state index in [0.29, 0.717) is 19.7 Å². The number of pyridine rings is 1. The van der Waals surface area contributed by atoms with Crippen LogP contribution in [0.2, 0.25) is 0 Å². The van der Waals surface area contributed by atoms with Crippen molar-refractivity contribution in [2.75, 3.05) is 38.2 Å². The van der Waals surface area contributed by atoms with Gasteiger partial charge in [-0.05, 0) is 43.5 Å². The highest BCUT2D eigenvalue weighted by atomic mass is 32.2. The number of hydrogen-bond donors (Lipinski definition) is 0. The van der Waals surface area contributed by atoms with Gasteiger partial charge >= 0.3 is 0 Å². The predicted octanol–water partition coefficient (Wildman–Crippen LogP) is 3.16. The molecular weight excluding hydrogens is 362 g/mol. The molecule has 0 aliphatic carbocycles. The van der Waals surface area contributed by atoms with Crippen molar-refractivity contribution in [3.63, 3.8) is 0 Å². The lowest BCUT2D eigenvalue weighted by atomic mass is 10.2. The first kappa shape index (κ1) is 19.6. The largest absolute Gasteiger partial charge is 0.494 e. The fourth-order valence-electron chi connectivity index (χ4n) is 3.13. The first-order chi connectivity index (χ1) is 13.1. The fraction of sp³-hybridized carbons (Fsp3) is 0.450. The molecule has 0 saturated carbocycles.